The Morgan fingerprint density at radius 2 is 1.95 bits per heavy atom. The van der Waals surface area contributed by atoms with E-state index in [1.807, 2.05) is 26.2 Å². The highest BCUT2D eigenvalue weighted by Gasteiger charge is 2.27. The van der Waals surface area contributed by atoms with Crippen molar-refractivity contribution in [3.05, 3.63) is 28.8 Å². The Bertz CT molecular complexity index is 570. The number of aliphatic hydroxyl groups excluding tert-OH is 1. The van der Waals surface area contributed by atoms with E-state index < -0.39 is 10.0 Å². The largest absolute Gasteiger partial charge is 0.392 e. The molecule has 0 saturated heterocycles. The van der Waals surface area contributed by atoms with Gasteiger partial charge in [0.2, 0.25) is 10.0 Å². The fraction of sp³-hybridized carbons (Fsp3) is 0.571. The van der Waals surface area contributed by atoms with Gasteiger partial charge in [0.25, 0.3) is 0 Å². The van der Waals surface area contributed by atoms with Crippen LogP contribution in [0.3, 0.4) is 0 Å². The van der Waals surface area contributed by atoms with Crippen molar-refractivity contribution >= 4 is 21.8 Å². The number of rotatable bonds is 6. The minimum Gasteiger partial charge on any atom is -0.392 e. The van der Waals surface area contributed by atoms with Gasteiger partial charge in [-0.25, -0.2) is 8.42 Å². The molecule has 1 N–H and O–H groups in total. The molecule has 0 radical (unpaired) electrons. The standard InChI is InChI=1S/C14H23NO3S2/c1-10-6-13(8-16)7-14(12(10)3)20(17,18)15(4)11(2)9-19-5/h6-7,11,16H,8-9H2,1-5H3. The summed E-state index contributed by atoms with van der Waals surface area (Å²) in [4.78, 5) is 0.289. The second-order valence-corrected chi connectivity index (χ2v) is 7.90. The lowest BCUT2D eigenvalue weighted by molar-refractivity contribution is 0.281. The van der Waals surface area contributed by atoms with Crippen LogP contribution in [0.2, 0.25) is 0 Å². The fourth-order valence-electron chi connectivity index (χ4n) is 2.00. The smallest absolute Gasteiger partial charge is 0.243 e. The van der Waals surface area contributed by atoms with E-state index >= 15 is 0 Å². The maximum Gasteiger partial charge on any atom is 0.243 e. The molecule has 0 aromatic heterocycles. The van der Waals surface area contributed by atoms with Crippen LogP contribution in [0.25, 0.3) is 0 Å². The third-order valence-corrected chi connectivity index (χ3v) is 6.46. The molecule has 0 amide bonds. The zero-order valence-electron chi connectivity index (χ0n) is 12.7. The van der Waals surface area contributed by atoms with Gasteiger partial charge in [0.05, 0.1) is 11.5 Å². The van der Waals surface area contributed by atoms with Gasteiger partial charge in [0.1, 0.15) is 0 Å². The molecule has 1 aromatic rings. The highest BCUT2D eigenvalue weighted by atomic mass is 32.2. The van der Waals surface area contributed by atoms with Gasteiger partial charge < -0.3 is 5.11 Å². The van der Waals surface area contributed by atoms with Gasteiger partial charge in [-0.05, 0) is 49.8 Å². The van der Waals surface area contributed by atoms with Crippen molar-refractivity contribution in [3.63, 3.8) is 0 Å². The third-order valence-electron chi connectivity index (χ3n) is 3.55. The first-order valence-corrected chi connectivity index (χ1v) is 9.27. The average Bonchev–Trinajstić information content (AvgIpc) is 2.40. The lowest BCUT2D eigenvalue weighted by Gasteiger charge is -2.25. The van der Waals surface area contributed by atoms with Gasteiger partial charge >= 0.3 is 0 Å². The van der Waals surface area contributed by atoms with Gasteiger partial charge in [0.15, 0.2) is 0 Å². The highest BCUT2D eigenvalue weighted by molar-refractivity contribution is 7.98. The molecule has 1 unspecified atom stereocenters. The lowest BCUT2D eigenvalue weighted by atomic mass is 10.1. The molecule has 1 atom stereocenters. The van der Waals surface area contributed by atoms with Crippen molar-refractivity contribution < 1.29 is 13.5 Å². The van der Waals surface area contributed by atoms with Crippen LogP contribution in [-0.4, -0.2) is 42.9 Å². The molecule has 0 heterocycles. The molecular formula is C14H23NO3S2. The van der Waals surface area contributed by atoms with Crippen molar-refractivity contribution in [2.75, 3.05) is 19.1 Å². The molecule has 0 spiro atoms. The van der Waals surface area contributed by atoms with E-state index in [0.717, 1.165) is 16.9 Å². The molecule has 4 nitrogen and oxygen atoms in total. The first-order valence-electron chi connectivity index (χ1n) is 6.43. The number of sulfonamides is 1. The quantitative estimate of drug-likeness (QED) is 0.873. The average molecular weight is 317 g/mol. The number of nitrogens with zero attached hydrogens (tertiary/aromatic N) is 1. The summed E-state index contributed by atoms with van der Waals surface area (Å²) in [5, 5.41) is 9.26. The van der Waals surface area contributed by atoms with E-state index in [4.69, 9.17) is 0 Å². The fourth-order valence-corrected chi connectivity index (χ4v) is 4.50. The maximum absolute atomic E-state index is 12.7. The molecule has 0 aliphatic rings. The summed E-state index contributed by atoms with van der Waals surface area (Å²) in [5.74, 6) is 0.744. The Morgan fingerprint density at radius 3 is 2.45 bits per heavy atom. The Balaban J connectivity index is 3.31. The minimum atomic E-state index is -3.54. The summed E-state index contributed by atoms with van der Waals surface area (Å²) in [7, 11) is -1.93. The third kappa shape index (κ3) is 3.55. The molecule has 20 heavy (non-hydrogen) atoms. The predicted octanol–water partition coefficient (Wildman–Crippen LogP) is 2.17. The van der Waals surface area contributed by atoms with Crippen LogP contribution in [0.4, 0.5) is 0 Å². The molecule has 1 aromatic carbocycles. The Hall–Kier alpha value is -0.560. The van der Waals surface area contributed by atoms with E-state index in [1.54, 1.807) is 31.8 Å². The monoisotopic (exact) mass is 317 g/mol. The first kappa shape index (κ1) is 17.5. The Labute approximate surface area is 126 Å². The maximum atomic E-state index is 12.7. The summed E-state index contributed by atoms with van der Waals surface area (Å²) < 4.78 is 26.9. The summed E-state index contributed by atoms with van der Waals surface area (Å²) >= 11 is 1.62. The number of aryl methyl sites for hydroxylation is 1. The number of hydrogen-bond acceptors (Lipinski definition) is 4. The first-order chi connectivity index (χ1) is 9.25. The molecule has 0 saturated carbocycles. The number of hydrogen-bond donors (Lipinski definition) is 1. The van der Waals surface area contributed by atoms with Crippen molar-refractivity contribution in [1.29, 1.82) is 0 Å². The summed E-state index contributed by atoms with van der Waals surface area (Å²) in [6.07, 6.45) is 1.96. The van der Waals surface area contributed by atoms with E-state index in [9.17, 15) is 13.5 Å². The van der Waals surface area contributed by atoms with E-state index in [-0.39, 0.29) is 17.5 Å². The predicted molar refractivity (Wildman–Crippen MR) is 84.6 cm³/mol. The molecule has 0 aliphatic heterocycles. The van der Waals surface area contributed by atoms with Crippen LogP contribution in [0.5, 0.6) is 0 Å². The molecule has 1 rings (SSSR count). The summed E-state index contributed by atoms with van der Waals surface area (Å²) in [6, 6.07) is 3.31. The van der Waals surface area contributed by atoms with Crippen molar-refractivity contribution in [2.24, 2.45) is 0 Å². The van der Waals surface area contributed by atoms with Crippen LogP contribution >= 0.6 is 11.8 Å². The molecule has 0 bridgehead atoms. The van der Waals surface area contributed by atoms with Crippen LogP contribution in [0, 0.1) is 13.8 Å². The zero-order chi connectivity index (χ0) is 15.5. The van der Waals surface area contributed by atoms with Crippen LogP contribution in [-0.2, 0) is 16.6 Å². The minimum absolute atomic E-state index is 0.0764. The normalized spacial score (nSPS) is 13.8. The van der Waals surface area contributed by atoms with Crippen LogP contribution in [0.15, 0.2) is 17.0 Å². The van der Waals surface area contributed by atoms with Gasteiger partial charge in [-0.1, -0.05) is 6.07 Å². The van der Waals surface area contributed by atoms with Crippen molar-refractivity contribution in [1.82, 2.24) is 4.31 Å². The van der Waals surface area contributed by atoms with Crippen molar-refractivity contribution in [2.45, 2.75) is 38.3 Å². The molecular weight excluding hydrogens is 294 g/mol. The second kappa shape index (κ2) is 6.93. The van der Waals surface area contributed by atoms with Crippen LogP contribution in [0.1, 0.15) is 23.6 Å². The second-order valence-electron chi connectivity index (χ2n) is 5.02. The Morgan fingerprint density at radius 1 is 1.35 bits per heavy atom. The van der Waals surface area contributed by atoms with E-state index in [0.29, 0.717) is 5.56 Å². The molecule has 0 fully saturated rings. The highest BCUT2D eigenvalue weighted by Crippen LogP contribution is 2.25. The topological polar surface area (TPSA) is 57.6 Å². The summed E-state index contributed by atoms with van der Waals surface area (Å²) in [6.45, 7) is 5.40. The molecule has 0 aliphatic carbocycles. The van der Waals surface area contributed by atoms with Gasteiger partial charge in [0, 0.05) is 18.8 Å². The SMILES string of the molecule is CSCC(C)N(C)S(=O)(=O)c1cc(CO)cc(C)c1C. The lowest BCUT2D eigenvalue weighted by Crippen LogP contribution is -2.37. The molecule has 6 heteroatoms. The number of thioether (sulfide) groups is 1. The number of benzene rings is 1. The van der Waals surface area contributed by atoms with Crippen LogP contribution < -0.4 is 0 Å². The summed E-state index contributed by atoms with van der Waals surface area (Å²) in [5.41, 5.74) is 2.24. The van der Waals surface area contributed by atoms with Gasteiger partial charge in [-0.15, -0.1) is 0 Å². The van der Waals surface area contributed by atoms with E-state index in [2.05, 4.69) is 0 Å². The van der Waals surface area contributed by atoms with E-state index in [1.165, 1.54) is 4.31 Å². The van der Waals surface area contributed by atoms with Gasteiger partial charge in [-0.2, -0.15) is 16.1 Å². The van der Waals surface area contributed by atoms with Crippen molar-refractivity contribution in [3.8, 4) is 0 Å². The van der Waals surface area contributed by atoms with Gasteiger partial charge in [-0.3, -0.25) is 0 Å². The Kier molecular flexibility index (Phi) is 6.06. The number of aliphatic hydroxyl groups is 1. The molecule has 114 valence electrons. The zero-order valence-corrected chi connectivity index (χ0v) is 14.3.